The van der Waals surface area contributed by atoms with Gasteiger partial charge in [-0.1, -0.05) is 6.92 Å². The van der Waals surface area contributed by atoms with E-state index in [9.17, 15) is 22.8 Å². The number of carbonyl (C=O) groups excluding carboxylic acids is 2. The first kappa shape index (κ1) is 18.0. The van der Waals surface area contributed by atoms with E-state index in [1.54, 1.807) is 14.0 Å². The maximum Gasteiger partial charge on any atom is 0.416 e. The molecule has 5 nitrogen and oxygen atoms in total. The molecule has 0 saturated heterocycles. The monoisotopic (exact) mass is 317 g/mol. The van der Waals surface area contributed by atoms with E-state index in [2.05, 4.69) is 16.0 Å². The molecule has 122 valence electrons. The Hall–Kier alpha value is -2.09. The van der Waals surface area contributed by atoms with Crippen LogP contribution in [0.15, 0.2) is 18.2 Å². The lowest BCUT2D eigenvalue weighted by Gasteiger charge is -2.17. The summed E-state index contributed by atoms with van der Waals surface area (Å²) in [6.45, 7) is 3.24. The summed E-state index contributed by atoms with van der Waals surface area (Å²) in [5.74, 6) is -1.33. The van der Waals surface area contributed by atoms with E-state index in [4.69, 9.17) is 0 Å². The van der Waals surface area contributed by atoms with Crippen molar-refractivity contribution in [3.05, 3.63) is 23.8 Å². The van der Waals surface area contributed by atoms with Crippen LogP contribution in [0, 0.1) is 5.92 Å². The topological polar surface area (TPSA) is 70.2 Å². The highest BCUT2D eigenvalue weighted by molar-refractivity contribution is 5.99. The van der Waals surface area contributed by atoms with Crippen LogP contribution in [0.4, 0.5) is 24.5 Å². The summed E-state index contributed by atoms with van der Waals surface area (Å²) in [6, 6.07) is 2.76. The van der Waals surface area contributed by atoms with Crippen LogP contribution in [0.5, 0.6) is 0 Å². The van der Waals surface area contributed by atoms with E-state index in [0.29, 0.717) is 6.54 Å². The predicted octanol–water partition coefficient (Wildman–Crippen LogP) is 2.46. The molecule has 1 aromatic rings. The fourth-order valence-corrected chi connectivity index (χ4v) is 1.78. The lowest BCUT2D eigenvalue weighted by atomic mass is 10.1. The van der Waals surface area contributed by atoms with E-state index in [0.717, 1.165) is 18.2 Å². The molecule has 22 heavy (non-hydrogen) atoms. The van der Waals surface area contributed by atoms with E-state index in [1.165, 1.54) is 6.92 Å². The summed E-state index contributed by atoms with van der Waals surface area (Å²) in [5.41, 5.74) is -0.873. The molecule has 1 atom stereocenters. The van der Waals surface area contributed by atoms with Crippen LogP contribution in [0.3, 0.4) is 0 Å². The van der Waals surface area contributed by atoms with Gasteiger partial charge in [0.25, 0.3) is 0 Å². The Morgan fingerprint density at radius 3 is 2.32 bits per heavy atom. The van der Waals surface area contributed by atoms with Gasteiger partial charge in [-0.15, -0.1) is 0 Å². The molecule has 0 fully saturated rings. The minimum absolute atomic E-state index is 0.0852. The highest BCUT2D eigenvalue weighted by Gasteiger charge is 2.31. The second kappa shape index (κ2) is 7.26. The molecule has 0 heterocycles. The number of nitrogens with one attached hydrogen (secondary N) is 3. The van der Waals surface area contributed by atoms with Crippen LogP contribution in [0.2, 0.25) is 0 Å². The van der Waals surface area contributed by atoms with Crippen LogP contribution in [0.1, 0.15) is 19.4 Å². The lowest BCUT2D eigenvalue weighted by Crippen LogP contribution is -2.29. The number of halogens is 3. The Bertz CT molecular complexity index is 559. The number of rotatable bonds is 5. The summed E-state index contributed by atoms with van der Waals surface area (Å²) >= 11 is 0. The van der Waals surface area contributed by atoms with Gasteiger partial charge in [-0.2, -0.15) is 13.2 Å². The molecular weight excluding hydrogens is 299 g/mol. The lowest BCUT2D eigenvalue weighted by molar-refractivity contribution is -0.137. The number of hydrogen-bond donors (Lipinski definition) is 3. The van der Waals surface area contributed by atoms with Crippen LogP contribution in [-0.2, 0) is 15.8 Å². The van der Waals surface area contributed by atoms with Crippen molar-refractivity contribution in [1.29, 1.82) is 0 Å². The van der Waals surface area contributed by atoms with E-state index in [-0.39, 0.29) is 11.4 Å². The normalized spacial score (nSPS) is 12.6. The van der Waals surface area contributed by atoms with Crippen molar-refractivity contribution >= 4 is 23.2 Å². The van der Waals surface area contributed by atoms with Gasteiger partial charge in [-0.3, -0.25) is 9.59 Å². The first-order chi connectivity index (χ1) is 10.1. The number of hydrogen-bond acceptors (Lipinski definition) is 3. The number of anilines is 2. The average Bonchev–Trinajstić information content (AvgIpc) is 2.39. The maximum absolute atomic E-state index is 12.8. The van der Waals surface area contributed by atoms with Gasteiger partial charge in [0.1, 0.15) is 0 Å². The number of carbonyl (C=O) groups is 2. The minimum Gasteiger partial charge on any atom is -0.325 e. The number of alkyl halides is 3. The van der Waals surface area contributed by atoms with Gasteiger partial charge < -0.3 is 16.0 Å². The average molecular weight is 317 g/mol. The summed E-state index contributed by atoms with van der Waals surface area (Å²) in [5, 5.41) is 7.62. The summed E-state index contributed by atoms with van der Waals surface area (Å²) in [7, 11) is 1.66. The third-order valence-electron chi connectivity index (χ3n) is 2.87. The second-order valence-electron chi connectivity index (χ2n) is 4.89. The van der Waals surface area contributed by atoms with Crippen molar-refractivity contribution in [1.82, 2.24) is 5.32 Å². The Kier molecular flexibility index (Phi) is 5.92. The Morgan fingerprint density at radius 1 is 1.18 bits per heavy atom. The van der Waals surface area contributed by atoms with Crippen molar-refractivity contribution in [3.8, 4) is 0 Å². The van der Waals surface area contributed by atoms with Gasteiger partial charge in [0.05, 0.1) is 16.9 Å². The largest absolute Gasteiger partial charge is 0.416 e. The van der Waals surface area contributed by atoms with Gasteiger partial charge in [0.2, 0.25) is 11.8 Å². The van der Waals surface area contributed by atoms with Gasteiger partial charge in [0, 0.05) is 19.4 Å². The Morgan fingerprint density at radius 2 is 1.82 bits per heavy atom. The Labute approximate surface area is 126 Å². The molecule has 0 radical (unpaired) electrons. The number of benzene rings is 1. The van der Waals surface area contributed by atoms with Crippen molar-refractivity contribution < 1.29 is 22.8 Å². The standard InChI is InChI=1S/C14H18F3N3O2/c1-8(7-18-3)13(22)20-12-6-10(14(15,16)17)4-5-11(12)19-9(2)21/h4-6,8,18H,7H2,1-3H3,(H,19,21)(H,20,22). The summed E-state index contributed by atoms with van der Waals surface area (Å²) in [4.78, 5) is 23.1. The van der Waals surface area contributed by atoms with Crippen molar-refractivity contribution in [3.63, 3.8) is 0 Å². The zero-order valence-corrected chi connectivity index (χ0v) is 12.5. The van der Waals surface area contributed by atoms with E-state index < -0.39 is 29.5 Å². The maximum atomic E-state index is 12.8. The zero-order valence-electron chi connectivity index (χ0n) is 12.5. The molecule has 0 bridgehead atoms. The van der Waals surface area contributed by atoms with E-state index >= 15 is 0 Å². The fraction of sp³-hybridized carbons (Fsp3) is 0.429. The van der Waals surface area contributed by atoms with Gasteiger partial charge >= 0.3 is 6.18 Å². The third-order valence-corrected chi connectivity index (χ3v) is 2.87. The van der Waals surface area contributed by atoms with Crippen LogP contribution in [0.25, 0.3) is 0 Å². The Balaban J connectivity index is 3.11. The molecule has 8 heteroatoms. The van der Waals surface area contributed by atoms with Crippen LogP contribution >= 0.6 is 0 Å². The molecule has 0 aliphatic heterocycles. The van der Waals surface area contributed by atoms with E-state index in [1.807, 2.05) is 0 Å². The zero-order chi connectivity index (χ0) is 16.9. The predicted molar refractivity (Wildman–Crippen MR) is 77.5 cm³/mol. The smallest absolute Gasteiger partial charge is 0.325 e. The fourth-order valence-electron chi connectivity index (χ4n) is 1.78. The molecule has 0 aliphatic carbocycles. The van der Waals surface area contributed by atoms with Gasteiger partial charge in [-0.05, 0) is 25.2 Å². The SMILES string of the molecule is CNCC(C)C(=O)Nc1cc(C(F)(F)F)ccc1NC(C)=O. The van der Waals surface area contributed by atoms with Crippen molar-refractivity contribution in [2.45, 2.75) is 20.0 Å². The van der Waals surface area contributed by atoms with Crippen molar-refractivity contribution in [2.75, 3.05) is 24.2 Å². The molecule has 0 aromatic heterocycles. The molecule has 3 N–H and O–H groups in total. The second-order valence-corrected chi connectivity index (χ2v) is 4.89. The third kappa shape index (κ3) is 5.03. The molecular formula is C14H18F3N3O2. The van der Waals surface area contributed by atoms with Crippen molar-refractivity contribution in [2.24, 2.45) is 5.92 Å². The molecule has 0 saturated carbocycles. The highest BCUT2D eigenvalue weighted by Crippen LogP contribution is 2.34. The quantitative estimate of drug-likeness (QED) is 0.781. The molecule has 1 aromatic carbocycles. The molecule has 0 aliphatic rings. The van der Waals surface area contributed by atoms with Gasteiger partial charge in [0.15, 0.2) is 0 Å². The molecule has 2 amide bonds. The first-order valence-electron chi connectivity index (χ1n) is 6.59. The van der Waals surface area contributed by atoms with Crippen LogP contribution < -0.4 is 16.0 Å². The van der Waals surface area contributed by atoms with Crippen LogP contribution in [-0.4, -0.2) is 25.4 Å². The molecule has 1 rings (SSSR count). The summed E-state index contributed by atoms with van der Waals surface area (Å²) < 4.78 is 38.3. The highest BCUT2D eigenvalue weighted by atomic mass is 19.4. The molecule has 0 spiro atoms. The molecule has 1 unspecified atom stereocenters. The van der Waals surface area contributed by atoms with Gasteiger partial charge in [-0.25, -0.2) is 0 Å². The summed E-state index contributed by atoms with van der Waals surface area (Å²) in [6.07, 6.45) is -4.54. The first-order valence-corrected chi connectivity index (χ1v) is 6.59. The minimum atomic E-state index is -4.54. The number of amides is 2.